The first-order chi connectivity index (χ1) is 9.63. The van der Waals surface area contributed by atoms with Crippen LogP contribution in [-0.4, -0.2) is 16.8 Å². The normalized spacial score (nSPS) is 13.3. The fourth-order valence-electron chi connectivity index (χ4n) is 2.10. The van der Waals surface area contributed by atoms with Gasteiger partial charge < -0.3 is 0 Å². The largest absolute Gasteiger partial charge is 0.268 e. The summed E-state index contributed by atoms with van der Waals surface area (Å²) in [6, 6.07) is 8.30. The highest BCUT2D eigenvalue weighted by Gasteiger charge is 2.37. The van der Waals surface area contributed by atoms with E-state index in [1.807, 2.05) is 6.07 Å². The van der Waals surface area contributed by atoms with Gasteiger partial charge in [-0.3, -0.25) is 14.6 Å². The average molecular weight is 328 g/mol. The van der Waals surface area contributed by atoms with E-state index >= 15 is 0 Å². The second kappa shape index (κ2) is 4.54. The number of anilines is 1. The zero-order chi connectivity index (χ0) is 14.3. The van der Waals surface area contributed by atoms with Crippen LogP contribution in [0.4, 0.5) is 5.69 Å². The number of benzene rings is 1. The Morgan fingerprint density at radius 3 is 2.60 bits per heavy atom. The van der Waals surface area contributed by atoms with Crippen molar-refractivity contribution in [2.24, 2.45) is 0 Å². The Bertz CT molecular complexity index is 760. The molecule has 1 aliphatic rings. The number of fused-ring (bicyclic) bond motifs is 1. The summed E-state index contributed by atoms with van der Waals surface area (Å²) >= 11 is 3.25. The smallest absolute Gasteiger partial charge is 0.267 e. The van der Waals surface area contributed by atoms with E-state index in [9.17, 15) is 9.59 Å². The molecule has 96 valence electrons. The molecule has 2 amide bonds. The van der Waals surface area contributed by atoms with Gasteiger partial charge in [-0.15, -0.1) is 0 Å². The quantitative estimate of drug-likeness (QED) is 0.754. The number of hydrogen-bond acceptors (Lipinski definition) is 4. The van der Waals surface area contributed by atoms with Crippen LogP contribution in [0.5, 0.6) is 0 Å². The van der Waals surface area contributed by atoms with Crippen LogP contribution in [0.1, 0.15) is 26.3 Å². The number of amides is 2. The van der Waals surface area contributed by atoms with Gasteiger partial charge in [0.2, 0.25) is 0 Å². The Morgan fingerprint density at radius 1 is 1.15 bits per heavy atom. The van der Waals surface area contributed by atoms with Crippen LogP contribution in [0.2, 0.25) is 0 Å². The lowest BCUT2D eigenvalue weighted by Gasteiger charge is -2.15. The first-order valence-corrected chi connectivity index (χ1v) is 6.45. The number of aromatic nitrogens is 1. The van der Waals surface area contributed by atoms with Crippen molar-refractivity contribution in [2.45, 2.75) is 0 Å². The van der Waals surface area contributed by atoms with Gasteiger partial charge in [0, 0.05) is 16.9 Å². The predicted molar refractivity (Wildman–Crippen MR) is 74.2 cm³/mol. The highest BCUT2D eigenvalue weighted by Crippen LogP contribution is 2.31. The lowest BCUT2D eigenvalue weighted by atomic mass is 10.2. The van der Waals surface area contributed by atoms with E-state index in [2.05, 4.69) is 20.9 Å². The summed E-state index contributed by atoms with van der Waals surface area (Å²) in [5.41, 5.74) is 1.09. The molecular formula is C14H6BrN3O2. The molecule has 3 rings (SSSR count). The maximum atomic E-state index is 12.3. The summed E-state index contributed by atoms with van der Waals surface area (Å²) in [6.07, 6.45) is 2.82. The molecule has 1 aromatic carbocycles. The van der Waals surface area contributed by atoms with Crippen molar-refractivity contribution in [1.29, 1.82) is 5.26 Å². The molecule has 0 aliphatic carbocycles. The van der Waals surface area contributed by atoms with Gasteiger partial charge in [0.15, 0.2) is 0 Å². The van der Waals surface area contributed by atoms with Crippen LogP contribution in [-0.2, 0) is 0 Å². The van der Waals surface area contributed by atoms with Crippen LogP contribution >= 0.6 is 15.9 Å². The van der Waals surface area contributed by atoms with Crippen molar-refractivity contribution >= 4 is 33.4 Å². The van der Waals surface area contributed by atoms with Crippen molar-refractivity contribution in [1.82, 2.24) is 4.98 Å². The molecule has 0 fully saturated rings. The van der Waals surface area contributed by atoms with E-state index in [4.69, 9.17) is 5.26 Å². The fraction of sp³-hybridized carbons (Fsp3) is 0. The molecule has 2 heterocycles. The van der Waals surface area contributed by atoms with Crippen molar-refractivity contribution in [3.05, 3.63) is 57.8 Å². The van der Waals surface area contributed by atoms with Crippen molar-refractivity contribution in [3.63, 3.8) is 0 Å². The SMILES string of the molecule is N#Cc1cc(Br)ccc1N1C(=O)c2ccncc2C1=O. The molecule has 0 radical (unpaired) electrons. The number of nitriles is 1. The molecule has 0 saturated carbocycles. The summed E-state index contributed by atoms with van der Waals surface area (Å²) < 4.78 is 0.705. The Hall–Kier alpha value is -2.52. The number of pyridine rings is 1. The number of hydrogen-bond donors (Lipinski definition) is 0. The van der Waals surface area contributed by atoms with Gasteiger partial charge in [0.25, 0.3) is 11.8 Å². The minimum absolute atomic E-state index is 0.252. The number of carbonyl (C=O) groups excluding carboxylic acids is 2. The molecule has 0 bridgehead atoms. The second-order valence-electron chi connectivity index (χ2n) is 4.14. The summed E-state index contributed by atoms with van der Waals surface area (Å²) in [7, 11) is 0. The Morgan fingerprint density at radius 2 is 1.90 bits per heavy atom. The van der Waals surface area contributed by atoms with E-state index in [-0.39, 0.29) is 16.8 Å². The minimum Gasteiger partial charge on any atom is -0.268 e. The Labute approximate surface area is 122 Å². The molecule has 0 atom stereocenters. The van der Waals surface area contributed by atoms with Crippen molar-refractivity contribution in [3.8, 4) is 6.07 Å². The van der Waals surface area contributed by atoms with E-state index < -0.39 is 11.8 Å². The summed E-state index contributed by atoms with van der Waals surface area (Å²) in [4.78, 5) is 29.5. The topological polar surface area (TPSA) is 74.1 Å². The van der Waals surface area contributed by atoms with Crippen LogP contribution in [0.3, 0.4) is 0 Å². The van der Waals surface area contributed by atoms with E-state index in [0.717, 1.165) is 4.90 Å². The van der Waals surface area contributed by atoms with Gasteiger partial charge in [-0.25, -0.2) is 4.90 Å². The monoisotopic (exact) mass is 327 g/mol. The number of carbonyl (C=O) groups is 2. The van der Waals surface area contributed by atoms with Crippen LogP contribution in [0, 0.1) is 11.3 Å². The molecule has 1 aliphatic heterocycles. The third kappa shape index (κ3) is 1.72. The minimum atomic E-state index is -0.461. The van der Waals surface area contributed by atoms with E-state index in [0.29, 0.717) is 10.0 Å². The summed E-state index contributed by atoms with van der Waals surface area (Å²) in [5, 5.41) is 9.16. The van der Waals surface area contributed by atoms with E-state index in [1.54, 1.807) is 18.2 Å². The standard InChI is InChI=1S/C14H6BrN3O2/c15-9-1-2-12(8(5-9)6-16)18-13(19)10-3-4-17-7-11(10)14(18)20/h1-5,7H. The lowest BCUT2D eigenvalue weighted by molar-refractivity contribution is 0.0926. The molecule has 1 aromatic heterocycles. The van der Waals surface area contributed by atoms with Crippen LogP contribution in [0.15, 0.2) is 41.1 Å². The molecule has 0 spiro atoms. The highest BCUT2D eigenvalue weighted by atomic mass is 79.9. The third-order valence-electron chi connectivity index (χ3n) is 3.01. The second-order valence-corrected chi connectivity index (χ2v) is 5.06. The maximum Gasteiger partial charge on any atom is 0.267 e. The Kier molecular flexibility index (Phi) is 2.84. The molecule has 0 N–H and O–H groups in total. The molecule has 0 unspecified atom stereocenters. The molecule has 0 saturated heterocycles. The van der Waals surface area contributed by atoms with Gasteiger partial charge in [0.1, 0.15) is 6.07 Å². The van der Waals surface area contributed by atoms with Gasteiger partial charge in [-0.1, -0.05) is 15.9 Å². The molecule has 2 aromatic rings. The number of nitrogens with zero attached hydrogens (tertiary/aromatic N) is 3. The first-order valence-electron chi connectivity index (χ1n) is 5.66. The summed E-state index contributed by atoms with van der Waals surface area (Å²) in [5.74, 6) is -0.900. The highest BCUT2D eigenvalue weighted by molar-refractivity contribution is 9.10. The van der Waals surface area contributed by atoms with Gasteiger partial charge in [0.05, 0.1) is 22.4 Å². The first kappa shape index (κ1) is 12.5. The average Bonchev–Trinajstić information content (AvgIpc) is 2.72. The van der Waals surface area contributed by atoms with Crippen LogP contribution < -0.4 is 4.90 Å². The van der Waals surface area contributed by atoms with Gasteiger partial charge >= 0.3 is 0 Å². The Balaban J connectivity index is 2.17. The summed E-state index contributed by atoms with van der Waals surface area (Å²) in [6.45, 7) is 0. The van der Waals surface area contributed by atoms with E-state index in [1.165, 1.54) is 18.5 Å². The van der Waals surface area contributed by atoms with Crippen molar-refractivity contribution in [2.75, 3.05) is 4.90 Å². The molecule has 6 heteroatoms. The molecule has 20 heavy (non-hydrogen) atoms. The van der Waals surface area contributed by atoms with Crippen LogP contribution in [0.25, 0.3) is 0 Å². The number of imide groups is 1. The zero-order valence-corrected chi connectivity index (χ0v) is 11.6. The maximum absolute atomic E-state index is 12.3. The third-order valence-corrected chi connectivity index (χ3v) is 3.50. The lowest BCUT2D eigenvalue weighted by Crippen LogP contribution is -2.30. The molecule has 5 nitrogen and oxygen atoms in total. The molecular weight excluding hydrogens is 322 g/mol. The van der Waals surface area contributed by atoms with Gasteiger partial charge in [-0.2, -0.15) is 5.26 Å². The number of halogens is 1. The number of rotatable bonds is 1. The van der Waals surface area contributed by atoms with Gasteiger partial charge in [-0.05, 0) is 24.3 Å². The predicted octanol–water partition coefficient (Wildman–Crippen LogP) is 2.52. The fourth-order valence-corrected chi connectivity index (χ4v) is 2.46. The van der Waals surface area contributed by atoms with Crippen molar-refractivity contribution < 1.29 is 9.59 Å². The zero-order valence-electron chi connectivity index (χ0n) is 10.0.